The van der Waals surface area contributed by atoms with E-state index in [-0.39, 0.29) is 11.8 Å². The Morgan fingerprint density at radius 3 is 2.41 bits per heavy atom. The van der Waals surface area contributed by atoms with Gasteiger partial charge in [-0.15, -0.1) is 0 Å². The summed E-state index contributed by atoms with van der Waals surface area (Å²) in [5, 5.41) is 3.53. The van der Waals surface area contributed by atoms with E-state index in [9.17, 15) is 4.79 Å². The van der Waals surface area contributed by atoms with Gasteiger partial charge in [0.05, 0.1) is 0 Å². The predicted molar refractivity (Wildman–Crippen MR) is 88.5 cm³/mol. The highest BCUT2D eigenvalue weighted by atomic mass is 16.1. The van der Waals surface area contributed by atoms with Crippen LogP contribution in [0.1, 0.15) is 32.1 Å². The number of hydrogen-bond acceptors (Lipinski definition) is 4. The van der Waals surface area contributed by atoms with Gasteiger partial charge < -0.3 is 20.9 Å². The highest BCUT2D eigenvalue weighted by Gasteiger charge is 2.29. The van der Waals surface area contributed by atoms with Gasteiger partial charge in [-0.1, -0.05) is 0 Å². The second kappa shape index (κ2) is 7.75. The van der Waals surface area contributed by atoms with Crippen LogP contribution in [0.2, 0.25) is 0 Å². The molecule has 3 aliphatic rings. The van der Waals surface area contributed by atoms with E-state index in [1.807, 2.05) is 0 Å². The molecule has 2 atom stereocenters. The summed E-state index contributed by atoms with van der Waals surface area (Å²) in [7, 11) is 0. The number of piperidine rings is 2. The Bertz CT molecular complexity index is 362. The minimum Gasteiger partial charge on any atom is -0.369 e. The van der Waals surface area contributed by atoms with Gasteiger partial charge in [0.15, 0.2) is 0 Å². The fourth-order valence-electron chi connectivity index (χ4n) is 4.44. The van der Waals surface area contributed by atoms with Gasteiger partial charge in [0.2, 0.25) is 5.91 Å². The zero-order valence-electron chi connectivity index (χ0n) is 13.8. The second-order valence-corrected chi connectivity index (χ2v) is 7.60. The SMILES string of the molecule is NC(=O)C1CCN(C[C@@H]2CCN(C[C@@H]3CCCNC3)C2)CC1. The molecule has 3 fully saturated rings. The van der Waals surface area contributed by atoms with Gasteiger partial charge in [-0.3, -0.25) is 4.79 Å². The van der Waals surface area contributed by atoms with Crippen LogP contribution in [-0.4, -0.2) is 68.1 Å². The van der Waals surface area contributed by atoms with E-state index in [2.05, 4.69) is 15.1 Å². The van der Waals surface area contributed by atoms with Crippen molar-refractivity contribution in [2.45, 2.75) is 32.1 Å². The summed E-state index contributed by atoms with van der Waals surface area (Å²) in [6.07, 6.45) is 6.00. The number of rotatable bonds is 5. The molecule has 5 heteroatoms. The number of nitrogens with zero attached hydrogens (tertiary/aromatic N) is 2. The molecule has 126 valence electrons. The Labute approximate surface area is 134 Å². The maximum absolute atomic E-state index is 11.2. The first kappa shape index (κ1) is 16.2. The van der Waals surface area contributed by atoms with Crippen LogP contribution in [-0.2, 0) is 4.79 Å². The van der Waals surface area contributed by atoms with E-state index >= 15 is 0 Å². The van der Waals surface area contributed by atoms with E-state index in [0.29, 0.717) is 0 Å². The lowest BCUT2D eigenvalue weighted by Crippen LogP contribution is -2.41. The monoisotopic (exact) mass is 308 g/mol. The molecule has 0 bridgehead atoms. The molecule has 3 aliphatic heterocycles. The van der Waals surface area contributed by atoms with E-state index in [1.165, 1.54) is 58.5 Å². The maximum atomic E-state index is 11.2. The third kappa shape index (κ3) is 4.43. The second-order valence-electron chi connectivity index (χ2n) is 7.60. The molecule has 0 aliphatic carbocycles. The first-order valence-electron chi connectivity index (χ1n) is 9.15. The highest BCUT2D eigenvalue weighted by molar-refractivity contribution is 5.76. The van der Waals surface area contributed by atoms with Crippen LogP contribution in [0.25, 0.3) is 0 Å². The number of nitrogens with two attached hydrogens (primary N) is 1. The van der Waals surface area contributed by atoms with Crippen LogP contribution in [0.4, 0.5) is 0 Å². The lowest BCUT2D eigenvalue weighted by Gasteiger charge is -2.32. The van der Waals surface area contributed by atoms with Crippen molar-refractivity contribution in [3.8, 4) is 0 Å². The highest BCUT2D eigenvalue weighted by Crippen LogP contribution is 2.23. The molecular weight excluding hydrogens is 276 g/mol. The fourth-order valence-corrected chi connectivity index (χ4v) is 4.44. The molecule has 3 rings (SSSR count). The Kier molecular flexibility index (Phi) is 5.71. The zero-order valence-corrected chi connectivity index (χ0v) is 13.8. The van der Waals surface area contributed by atoms with Crippen molar-refractivity contribution in [2.75, 3.05) is 52.4 Å². The summed E-state index contributed by atoms with van der Waals surface area (Å²) >= 11 is 0. The molecule has 0 saturated carbocycles. The van der Waals surface area contributed by atoms with Crippen molar-refractivity contribution < 1.29 is 4.79 Å². The van der Waals surface area contributed by atoms with Crippen molar-refractivity contribution >= 4 is 5.91 Å². The summed E-state index contributed by atoms with van der Waals surface area (Å²) in [4.78, 5) is 16.5. The largest absolute Gasteiger partial charge is 0.369 e. The molecule has 0 radical (unpaired) electrons. The Morgan fingerprint density at radius 1 is 1.00 bits per heavy atom. The first-order valence-corrected chi connectivity index (χ1v) is 9.15. The standard InChI is InChI=1S/C17H32N4O/c18-17(22)16-4-8-20(9-5-16)12-15-3-7-21(13-15)11-14-2-1-6-19-10-14/h14-16,19H,1-13H2,(H2,18,22)/t14-,15+/m1/s1. The molecule has 3 saturated heterocycles. The van der Waals surface area contributed by atoms with Crippen LogP contribution in [0.3, 0.4) is 0 Å². The minimum absolute atomic E-state index is 0.104. The fraction of sp³-hybridized carbons (Fsp3) is 0.941. The van der Waals surface area contributed by atoms with Crippen molar-refractivity contribution in [1.82, 2.24) is 15.1 Å². The molecular formula is C17H32N4O. The summed E-state index contributed by atoms with van der Waals surface area (Å²) < 4.78 is 0. The van der Waals surface area contributed by atoms with E-state index < -0.39 is 0 Å². The summed E-state index contributed by atoms with van der Waals surface area (Å²) in [6.45, 7) is 9.57. The summed E-state index contributed by atoms with van der Waals surface area (Å²) in [5.74, 6) is 1.70. The minimum atomic E-state index is -0.104. The molecule has 5 nitrogen and oxygen atoms in total. The van der Waals surface area contributed by atoms with Gasteiger partial charge >= 0.3 is 0 Å². The number of likely N-dealkylation sites (tertiary alicyclic amines) is 2. The topological polar surface area (TPSA) is 61.6 Å². The van der Waals surface area contributed by atoms with Crippen LogP contribution in [0.5, 0.6) is 0 Å². The lowest BCUT2D eigenvalue weighted by atomic mass is 9.95. The number of primary amides is 1. The average Bonchev–Trinajstić information content (AvgIpc) is 2.96. The molecule has 0 aromatic carbocycles. The third-order valence-electron chi connectivity index (χ3n) is 5.79. The van der Waals surface area contributed by atoms with E-state index in [4.69, 9.17) is 5.73 Å². The number of carbonyl (C=O) groups is 1. The van der Waals surface area contributed by atoms with Crippen LogP contribution >= 0.6 is 0 Å². The molecule has 3 heterocycles. The van der Waals surface area contributed by atoms with Crippen molar-refractivity contribution in [3.63, 3.8) is 0 Å². The smallest absolute Gasteiger partial charge is 0.220 e. The Hall–Kier alpha value is -0.650. The first-order chi connectivity index (χ1) is 10.7. The average molecular weight is 308 g/mol. The van der Waals surface area contributed by atoms with Crippen LogP contribution in [0.15, 0.2) is 0 Å². The van der Waals surface area contributed by atoms with E-state index in [0.717, 1.165) is 37.8 Å². The van der Waals surface area contributed by atoms with Crippen LogP contribution < -0.4 is 11.1 Å². The van der Waals surface area contributed by atoms with Gasteiger partial charge in [-0.2, -0.15) is 0 Å². The normalized spacial score (nSPS) is 32.4. The zero-order chi connectivity index (χ0) is 15.4. The van der Waals surface area contributed by atoms with Crippen LogP contribution in [0, 0.1) is 17.8 Å². The van der Waals surface area contributed by atoms with Gasteiger partial charge in [-0.25, -0.2) is 0 Å². The van der Waals surface area contributed by atoms with Gasteiger partial charge in [0.1, 0.15) is 0 Å². The number of nitrogens with one attached hydrogen (secondary N) is 1. The molecule has 0 spiro atoms. The molecule has 22 heavy (non-hydrogen) atoms. The Balaban J connectivity index is 1.35. The molecule has 3 N–H and O–H groups in total. The van der Waals surface area contributed by atoms with Gasteiger partial charge in [0.25, 0.3) is 0 Å². The summed E-state index contributed by atoms with van der Waals surface area (Å²) in [5.41, 5.74) is 5.41. The number of hydrogen-bond donors (Lipinski definition) is 2. The number of amides is 1. The van der Waals surface area contributed by atoms with E-state index in [1.54, 1.807) is 0 Å². The van der Waals surface area contributed by atoms with Crippen molar-refractivity contribution in [1.29, 1.82) is 0 Å². The summed E-state index contributed by atoms with van der Waals surface area (Å²) in [6, 6.07) is 0. The molecule has 0 aromatic heterocycles. The Morgan fingerprint density at radius 2 is 1.73 bits per heavy atom. The lowest BCUT2D eigenvalue weighted by molar-refractivity contribution is -0.123. The predicted octanol–water partition coefficient (Wildman–Crippen LogP) is 0.505. The van der Waals surface area contributed by atoms with Crippen molar-refractivity contribution in [2.24, 2.45) is 23.5 Å². The van der Waals surface area contributed by atoms with Gasteiger partial charge in [0, 0.05) is 25.6 Å². The third-order valence-corrected chi connectivity index (χ3v) is 5.79. The number of carbonyl (C=O) groups excluding carboxylic acids is 1. The maximum Gasteiger partial charge on any atom is 0.220 e. The quantitative estimate of drug-likeness (QED) is 0.777. The molecule has 0 unspecified atom stereocenters. The van der Waals surface area contributed by atoms with Crippen molar-refractivity contribution in [3.05, 3.63) is 0 Å². The molecule has 1 amide bonds. The molecule has 0 aromatic rings. The van der Waals surface area contributed by atoms with Gasteiger partial charge in [-0.05, 0) is 76.7 Å².